The molecule has 0 fully saturated rings. The summed E-state index contributed by atoms with van der Waals surface area (Å²) in [5.41, 5.74) is 4.84. The Bertz CT molecular complexity index is 602. The van der Waals surface area contributed by atoms with Crippen molar-refractivity contribution in [3.05, 3.63) is 46.5 Å². The van der Waals surface area contributed by atoms with Crippen molar-refractivity contribution in [1.82, 2.24) is 15.1 Å². The molecule has 108 valence electrons. The van der Waals surface area contributed by atoms with Gasteiger partial charge in [-0.2, -0.15) is 5.10 Å². The molecule has 0 saturated heterocycles. The van der Waals surface area contributed by atoms with Crippen molar-refractivity contribution in [2.75, 3.05) is 6.54 Å². The zero-order valence-corrected chi connectivity index (χ0v) is 12.6. The van der Waals surface area contributed by atoms with Crippen LogP contribution in [0.4, 0.5) is 4.39 Å². The average Bonchev–Trinajstić information content (AvgIpc) is 2.72. The molecule has 0 unspecified atom stereocenters. The summed E-state index contributed by atoms with van der Waals surface area (Å²) in [6, 6.07) is 5.17. The van der Waals surface area contributed by atoms with Crippen LogP contribution in [0.5, 0.6) is 0 Å². The summed E-state index contributed by atoms with van der Waals surface area (Å²) in [7, 11) is 0. The van der Waals surface area contributed by atoms with E-state index in [1.165, 1.54) is 11.6 Å². The number of hydrogen-bond acceptors (Lipinski definition) is 2. The lowest BCUT2D eigenvalue weighted by molar-refractivity contribution is 0.588. The molecule has 2 aromatic rings. The molecular weight excluding hydrogens is 253 g/mol. The highest BCUT2D eigenvalue weighted by Crippen LogP contribution is 2.23. The van der Waals surface area contributed by atoms with E-state index in [1.807, 2.05) is 31.5 Å². The first-order chi connectivity index (χ1) is 9.60. The van der Waals surface area contributed by atoms with Gasteiger partial charge in [-0.3, -0.25) is 0 Å². The topological polar surface area (TPSA) is 29.9 Å². The fourth-order valence-electron chi connectivity index (χ4n) is 2.59. The molecule has 0 aliphatic rings. The Hall–Kier alpha value is -1.68. The van der Waals surface area contributed by atoms with E-state index < -0.39 is 0 Å². The van der Waals surface area contributed by atoms with Gasteiger partial charge in [0.25, 0.3) is 0 Å². The van der Waals surface area contributed by atoms with Gasteiger partial charge in [-0.1, -0.05) is 19.9 Å². The monoisotopic (exact) mass is 275 g/mol. The number of aromatic nitrogens is 2. The van der Waals surface area contributed by atoms with Gasteiger partial charge in [0.15, 0.2) is 0 Å². The highest BCUT2D eigenvalue weighted by atomic mass is 19.1. The second kappa shape index (κ2) is 6.18. The Balaban J connectivity index is 2.55. The van der Waals surface area contributed by atoms with E-state index >= 15 is 0 Å². The number of halogens is 1. The molecule has 0 bridgehead atoms. The molecule has 0 saturated carbocycles. The largest absolute Gasteiger partial charge is 0.313 e. The van der Waals surface area contributed by atoms with Gasteiger partial charge in [-0.15, -0.1) is 0 Å². The first-order valence-electron chi connectivity index (χ1n) is 7.13. The van der Waals surface area contributed by atoms with Gasteiger partial charge in [0.1, 0.15) is 5.82 Å². The second-order valence-electron chi connectivity index (χ2n) is 4.93. The van der Waals surface area contributed by atoms with E-state index in [1.54, 1.807) is 6.07 Å². The minimum absolute atomic E-state index is 0.186. The lowest BCUT2D eigenvalue weighted by atomic mass is 10.1. The average molecular weight is 275 g/mol. The van der Waals surface area contributed by atoms with E-state index in [9.17, 15) is 4.39 Å². The third-order valence-corrected chi connectivity index (χ3v) is 3.67. The van der Waals surface area contributed by atoms with E-state index in [-0.39, 0.29) is 5.82 Å². The third-order valence-electron chi connectivity index (χ3n) is 3.67. The zero-order chi connectivity index (χ0) is 14.7. The predicted octanol–water partition coefficient (Wildman–Crippen LogP) is 3.30. The molecule has 20 heavy (non-hydrogen) atoms. The maximum absolute atomic E-state index is 14.1. The standard InChI is InChI=1S/C16H22FN3/c1-5-13-11(3)19-20(12(13)4)16-9-7-8-15(17)14(16)10-18-6-2/h7-9,18H,5-6,10H2,1-4H3. The summed E-state index contributed by atoms with van der Waals surface area (Å²) in [6.07, 6.45) is 0.940. The number of rotatable bonds is 5. The van der Waals surface area contributed by atoms with Crippen LogP contribution in [0.3, 0.4) is 0 Å². The van der Waals surface area contributed by atoms with Gasteiger partial charge >= 0.3 is 0 Å². The van der Waals surface area contributed by atoms with Crippen molar-refractivity contribution < 1.29 is 4.39 Å². The van der Waals surface area contributed by atoms with Crippen LogP contribution in [-0.4, -0.2) is 16.3 Å². The summed E-state index contributed by atoms with van der Waals surface area (Å²) in [6.45, 7) is 9.50. The van der Waals surface area contributed by atoms with Crippen molar-refractivity contribution in [1.29, 1.82) is 0 Å². The van der Waals surface area contributed by atoms with Crippen LogP contribution in [0.15, 0.2) is 18.2 Å². The summed E-state index contributed by atoms with van der Waals surface area (Å²) < 4.78 is 16.0. The van der Waals surface area contributed by atoms with Crippen molar-refractivity contribution >= 4 is 0 Å². The Morgan fingerprint density at radius 2 is 1.95 bits per heavy atom. The summed E-state index contributed by atoms with van der Waals surface area (Å²) >= 11 is 0. The maximum Gasteiger partial charge on any atom is 0.129 e. The number of nitrogens with one attached hydrogen (secondary N) is 1. The van der Waals surface area contributed by atoms with Gasteiger partial charge < -0.3 is 5.32 Å². The molecule has 2 rings (SSSR count). The molecule has 1 heterocycles. The van der Waals surface area contributed by atoms with E-state index in [2.05, 4.69) is 17.3 Å². The minimum Gasteiger partial charge on any atom is -0.313 e. The Kier molecular flexibility index (Phi) is 4.55. The number of aryl methyl sites for hydroxylation is 1. The molecule has 0 aliphatic carbocycles. The normalized spacial score (nSPS) is 11.1. The third kappa shape index (κ3) is 2.61. The molecule has 0 atom stereocenters. The van der Waals surface area contributed by atoms with Crippen molar-refractivity contribution in [3.8, 4) is 5.69 Å². The molecule has 4 heteroatoms. The smallest absolute Gasteiger partial charge is 0.129 e. The van der Waals surface area contributed by atoms with Crippen LogP contribution in [0.2, 0.25) is 0 Å². The summed E-state index contributed by atoms with van der Waals surface area (Å²) in [5.74, 6) is -0.186. The van der Waals surface area contributed by atoms with Crippen molar-refractivity contribution in [2.24, 2.45) is 0 Å². The molecule has 0 radical (unpaired) electrons. The molecule has 1 N–H and O–H groups in total. The van der Waals surface area contributed by atoms with E-state index in [0.717, 1.165) is 30.0 Å². The first-order valence-corrected chi connectivity index (χ1v) is 7.13. The molecule has 1 aromatic carbocycles. The molecular formula is C16H22FN3. The maximum atomic E-state index is 14.1. The lowest BCUT2D eigenvalue weighted by Gasteiger charge is -2.13. The van der Waals surface area contributed by atoms with Gasteiger partial charge in [-0.25, -0.2) is 9.07 Å². The molecule has 0 amide bonds. The molecule has 0 spiro atoms. The molecule has 1 aromatic heterocycles. The fraction of sp³-hybridized carbons (Fsp3) is 0.438. The van der Waals surface area contributed by atoms with Crippen LogP contribution in [0.1, 0.15) is 36.4 Å². The van der Waals surface area contributed by atoms with Crippen LogP contribution in [0, 0.1) is 19.7 Å². The van der Waals surface area contributed by atoms with Crippen molar-refractivity contribution in [2.45, 2.75) is 40.7 Å². The molecule has 3 nitrogen and oxygen atoms in total. The van der Waals surface area contributed by atoms with Gasteiger partial charge in [0, 0.05) is 17.8 Å². The van der Waals surface area contributed by atoms with E-state index in [4.69, 9.17) is 0 Å². The number of nitrogens with zero attached hydrogens (tertiary/aromatic N) is 2. The lowest BCUT2D eigenvalue weighted by Crippen LogP contribution is -2.16. The quantitative estimate of drug-likeness (QED) is 0.907. The summed E-state index contributed by atoms with van der Waals surface area (Å²) in [4.78, 5) is 0. The zero-order valence-electron chi connectivity index (χ0n) is 12.6. The van der Waals surface area contributed by atoms with Crippen LogP contribution in [-0.2, 0) is 13.0 Å². The number of hydrogen-bond donors (Lipinski definition) is 1. The van der Waals surface area contributed by atoms with Crippen LogP contribution in [0.25, 0.3) is 5.69 Å². The highest BCUT2D eigenvalue weighted by molar-refractivity contribution is 5.44. The fourth-order valence-corrected chi connectivity index (χ4v) is 2.59. The predicted molar refractivity (Wildman–Crippen MR) is 79.8 cm³/mol. The van der Waals surface area contributed by atoms with Crippen LogP contribution >= 0.6 is 0 Å². The number of benzene rings is 1. The van der Waals surface area contributed by atoms with Crippen molar-refractivity contribution in [3.63, 3.8) is 0 Å². The Morgan fingerprint density at radius 3 is 2.55 bits per heavy atom. The summed E-state index contributed by atoms with van der Waals surface area (Å²) in [5, 5.41) is 7.77. The minimum atomic E-state index is -0.186. The van der Waals surface area contributed by atoms with Gasteiger partial charge in [0.05, 0.1) is 11.4 Å². The highest BCUT2D eigenvalue weighted by Gasteiger charge is 2.15. The first kappa shape index (κ1) is 14.7. The van der Waals surface area contributed by atoms with Gasteiger partial charge in [0.2, 0.25) is 0 Å². The Labute approximate surface area is 119 Å². The Morgan fingerprint density at radius 1 is 1.20 bits per heavy atom. The van der Waals surface area contributed by atoms with Crippen LogP contribution < -0.4 is 5.32 Å². The second-order valence-corrected chi connectivity index (χ2v) is 4.93. The molecule has 0 aliphatic heterocycles. The van der Waals surface area contributed by atoms with E-state index in [0.29, 0.717) is 12.1 Å². The van der Waals surface area contributed by atoms with Gasteiger partial charge in [-0.05, 0) is 44.5 Å². The SMILES string of the molecule is CCNCc1c(F)cccc1-n1nc(C)c(CC)c1C.